The first-order valence-electron chi connectivity index (χ1n) is 6.87. The Morgan fingerprint density at radius 1 is 0.955 bits per heavy atom. The first kappa shape index (κ1) is 15.6. The molecule has 0 aromatic carbocycles. The summed E-state index contributed by atoms with van der Waals surface area (Å²) in [4.78, 5) is 20.6. The monoisotopic (exact) mass is 295 g/mol. The normalized spacial score (nSPS) is 13.3. The van der Waals surface area contributed by atoms with Crippen LogP contribution < -0.4 is 0 Å². The Morgan fingerprint density at radius 3 is 2.09 bits per heavy atom. The highest BCUT2D eigenvalue weighted by Crippen LogP contribution is 2.20. The van der Waals surface area contributed by atoms with Crippen LogP contribution in [0.2, 0.25) is 0 Å². The largest absolute Gasteiger partial charge is 0.267 e. The number of aromatic nitrogens is 4. The van der Waals surface area contributed by atoms with Crippen LogP contribution in [0, 0.1) is 0 Å². The highest BCUT2D eigenvalue weighted by atomic mass is 15.2. The van der Waals surface area contributed by atoms with Crippen LogP contribution in [0.4, 0.5) is 0 Å². The third kappa shape index (κ3) is 3.85. The summed E-state index contributed by atoms with van der Waals surface area (Å²) in [5, 5.41) is 8.52. The van der Waals surface area contributed by atoms with E-state index < -0.39 is 0 Å². The van der Waals surface area contributed by atoms with Crippen LogP contribution in [0.3, 0.4) is 0 Å². The summed E-state index contributed by atoms with van der Waals surface area (Å²) in [7, 11) is 1.64. The molecule has 2 heterocycles. The minimum Gasteiger partial charge on any atom is -0.267 e. The van der Waals surface area contributed by atoms with Crippen LogP contribution in [-0.4, -0.2) is 32.8 Å². The Balaban J connectivity index is 2.36. The molecule has 0 aliphatic rings. The van der Waals surface area contributed by atoms with Crippen molar-refractivity contribution in [2.45, 2.75) is 20.3 Å². The minimum absolute atomic E-state index is 0.415. The zero-order chi connectivity index (χ0) is 15.8. The maximum Gasteiger partial charge on any atom is 0.197 e. The fourth-order valence-electron chi connectivity index (χ4n) is 1.67. The van der Waals surface area contributed by atoms with Crippen molar-refractivity contribution in [3.63, 3.8) is 0 Å². The van der Waals surface area contributed by atoms with E-state index in [-0.39, 0.29) is 0 Å². The molecule has 0 N–H and O–H groups in total. The van der Waals surface area contributed by atoms with Crippen molar-refractivity contribution in [3.8, 4) is 0 Å². The zero-order valence-corrected chi connectivity index (χ0v) is 12.8. The number of azo groups is 1. The van der Waals surface area contributed by atoms with Gasteiger partial charge in [0.05, 0.1) is 12.4 Å². The van der Waals surface area contributed by atoms with Crippen molar-refractivity contribution in [1.82, 2.24) is 19.9 Å². The maximum absolute atomic E-state index is 4.32. The molecule has 0 radical (unpaired) electrons. The predicted molar refractivity (Wildman–Crippen MR) is 84.3 cm³/mol. The van der Waals surface area contributed by atoms with Gasteiger partial charge in [-0.25, -0.2) is 4.98 Å². The first-order chi connectivity index (χ1) is 10.8. The van der Waals surface area contributed by atoms with Crippen molar-refractivity contribution in [3.05, 3.63) is 54.1 Å². The second-order valence-electron chi connectivity index (χ2n) is 4.41. The van der Waals surface area contributed by atoms with E-state index in [9.17, 15) is 0 Å². The summed E-state index contributed by atoms with van der Waals surface area (Å²) >= 11 is 0. The van der Waals surface area contributed by atoms with Crippen molar-refractivity contribution in [2.75, 3.05) is 7.05 Å². The Labute approximate surface area is 129 Å². The van der Waals surface area contributed by atoms with Crippen LogP contribution in [0.5, 0.6) is 0 Å². The molecule has 7 heteroatoms. The van der Waals surface area contributed by atoms with Crippen molar-refractivity contribution < 1.29 is 0 Å². The number of aliphatic imine (C=N–C) groups is 1. The standard InChI is InChI=1S/C15H17N7/c1-4-11(2)14(12-9-17-5-7-19-12)21-22-15(16-3)13-10-18-6-8-20-13/h5-10H,4H2,1-3H3/b14-11-,16-15-,22-21-. The van der Waals surface area contributed by atoms with E-state index in [1.807, 2.05) is 6.92 Å². The molecule has 2 aromatic rings. The van der Waals surface area contributed by atoms with Crippen LogP contribution in [0.25, 0.3) is 5.70 Å². The van der Waals surface area contributed by atoms with Crippen molar-refractivity contribution in [2.24, 2.45) is 15.2 Å². The quantitative estimate of drug-likeness (QED) is 0.493. The minimum atomic E-state index is 0.415. The Kier molecular flexibility index (Phi) is 5.53. The lowest BCUT2D eigenvalue weighted by atomic mass is 10.1. The highest BCUT2D eigenvalue weighted by molar-refractivity contribution is 5.97. The van der Waals surface area contributed by atoms with Gasteiger partial charge in [-0.15, -0.1) is 10.2 Å². The molecule has 0 aliphatic carbocycles. The number of hydrogen-bond acceptors (Lipinski definition) is 6. The molecule has 0 unspecified atom stereocenters. The van der Waals surface area contributed by atoms with E-state index in [4.69, 9.17) is 0 Å². The molecular formula is C15H17N7. The molecule has 0 aliphatic heterocycles. The predicted octanol–water partition coefficient (Wildman–Crippen LogP) is 2.94. The molecule has 0 atom stereocenters. The third-order valence-corrected chi connectivity index (χ3v) is 2.99. The average Bonchev–Trinajstić information content (AvgIpc) is 2.60. The maximum atomic E-state index is 4.32. The smallest absolute Gasteiger partial charge is 0.197 e. The van der Waals surface area contributed by atoms with Gasteiger partial charge < -0.3 is 0 Å². The second-order valence-corrected chi connectivity index (χ2v) is 4.41. The number of nitrogens with zero attached hydrogens (tertiary/aromatic N) is 7. The molecule has 0 amide bonds. The summed E-state index contributed by atoms with van der Waals surface area (Å²) in [6.07, 6.45) is 10.5. The molecule has 0 spiro atoms. The van der Waals surface area contributed by atoms with E-state index >= 15 is 0 Å². The summed E-state index contributed by atoms with van der Waals surface area (Å²) in [6, 6.07) is 0. The fourth-order valence-corrected chi connectivity index (χ4v) is 1.67. The lowest BCUT2D eigenvalue weighted by Crippen LogP contribution is -2.00. The third-order valence-electron chi connectivity index (χ3n) is 2.99. The van der Waals surface area contributed by atoms with Gasteiger partial charge in [0.25, 0.3) is 0 Å². The van der Waals surface area contributed by atoms with E-state index in [0.29, 0.717) is 22.9 Å². The van der Waals surface area contributed by atoms with Gasteiger partial charge in [-0.3, -0.25) is 19.9 Å². The van der Waals surface area contributed by atoms with Crippen LogP contribution in [0.1, 0.15) is 31.7 Å². The molecule has 0 fully saturated rings. The van der Waals surface area contributed by atoms with Crippen LogP contribution in [-0.2, 0) is 0 Å². The Morgan fingerprint density at radius 2 is 1.59 bits per heavy atom. The molecule has 2 aromatic heterocycles. The molecular weight excluding hydrogens is 278 g/mol. The average molecular weight is 295 g/mol. The van der Waals surface area contributed by atoms with Gasteiger partial charge in [-0.2, -0.15) is 0 Å². The first-order valence-corrected chi connectivity index (χ1v) is 6.87. The van der Waals surface area contributed by atoms with Gasteiger partial charge in [0.2, 0.25) is 0 Å². The second kappa shape index (κ2) is 7.82. The topological polar surface area (TPSA) is 88.6 Å². The van der Waals surface area contributed by atoms with Gasteiger partial charge >= 0.3 is 0 Å². The number of hydrogen-bond donors (Lipinski definition) is 0. The summed E-state index contributed by atoms with van der Waals surface area (Å²) in [5.41, 5.74) is 3.01. The molecule has 2 rings (SSSR count). The van der Waals surface area contributed by atoms with E-state index in [2.05, 4.69) is 42.1 Å². The van der Waals surface area contributed by atoms with E-state index in [1.165, 1.54) is 0 Å². The zero-order valence-electron chi connectivity index (χ0n) is 12.8. The Bertz CT molecular complexity index is 690. The lowest BCUT2D eigenvalue weighted by molar-refractivity contribution is 1.05. The van der Waals surface area contributed by atoms with Gasteiger partial charge in [0.15, 0.2) is 5.84 Å². The summed E-state index contributed by atoms with van der Waals surface area (Å²) in [6.45, 7) is 4.05. The number of allylic oxidation sites excluding steroid dienone is 1. The van der Waals surface area contributed by atoms with Crippen molar-refractivity contribution >= 4 is 11.5 Å². The fraction of sp³-hybridized carbons (Fsp3) is 0.267. The highest BCUT2D eigenvalue weighted by Gasteiger charge is 2.08. The molecule has 0 saturated carbocycles. The summed E-state index contributed by atoms with van der Waals surface area (Å²) in [5.74, 6) is 0.415. The van der Waals surface area contributed by atoms with Crippen molar-refractivity contribution in [1.29, 1.82) is 0 Å². The van der Waals surface area contributed by atoms with Crippen LogP contribution >= 0.6 is 0 Å². The number of amidine groups is 1. The molecule has 112 valence electrons. The van der Waals surface area contributed by atoms with Gasteiger partial charge in [-0.05, 0) is 18.9 Å². The Hall–Kier alpha value is -2.83. The van der Waals surface area contributed by atoms with Gasteiger partial charge in [-0.1, -0.05) is 6.92 Å². The molecule has 0 saturated heterocycles. The number of rotatable bonds is 4. The summed E-state index contributed by atoms with van der Waals surface area (Å²) < 4.78 is 0. The molecule has 22 heavy (non-hydrogen) atoms. The molecule has 7 nitrogen and oxygen atoms in total. The van der Waals surface area contributed by atoms with E-state index in [1.54, 1.807) is 44.2 Å². The van der Waals surface area contributed by atoms with Crippen LogP contribution in [0.15, 0.2) is 58.0 Å². The van der Waals surface area contributed by atoms with Gasteiger partial charge in [0, 0.05) is 31.8 Å². The van der Waals surface area contributed by atoms with E-state index in [0.717, 1.165) is 12.0 Å². The molecule has 0 bridgehead atoms. The van der Waals surface area contributed by atoms with Gasteiger partial charge in [0.1, 0.15) is 17.1 Å². The lowest BCUT2D eigenvalue weighted by Gasteiger charge is -2.04. The SMILES string of the molecule is CC\C(C)=C(/N=N\C(=N/C)c1cnccn1)c1cnccn1.